The van der Waals surface area contributed by atoms with Gasteiger partial charge in [-0.25, -0.2) is 0 Å². The molecule has 2 bridgehead atoms. The van der Waals surface area contributed by atoms with E-state index < -0.39 is 6.10 Å². The lowest BCUT2D eigenvalue weighted by Gasteiger charge is -2.59. The Balaban J connectivity index is 1.67. The van der Waals surface area contributed by atoms with Crippen LogP contribution in [0.15, 0.2) is 24.3 Å². The normalized spacial score (nSPS) is 40.1. The molecule has 2 aliphatic heterocycles. The second kappa shape index (κ2) is 5.49. The highest BCUT2D eigenvalue weighted by atomic mass is 16.5. The number of carbonyl (C=O) groups excluding carboxylic acids is 1. The van der Waals surface area contributed by atoms with Crippen molar-refractivity contribution in [2.24, 2.45) is 5.92 Å². The molecule has 1 N–H and O–H groups in total. The van der Waals surface area contributed by atoms with Crippen molar-refractivity contribution in [2.45, 2.75) is 43.4 Å². The van der Waals surface area contributed by atoms with E-state index in [4.69, 9.17) is 14.2 Å². The zero-order valence-corrected chi connectivity index (χ0v) is 16.0. The van der Waals surface area contributed by atoms with Crippen LogP contribution >= 0.6 is 0 Å². The SMILES string of the molecule is COc1ccc2c3c1O[C@H]1[C@@H](O)C=C[C@H]4C(C2)[N@+](C)(COC(C)=O)CC[C@@]341. The van der Waals surface area contributed by atoms with Gasteiger partial charge in [-0.2, -0.15) is 0 Å². The Kier molecular flexibility index (Phi) is 3.47. The first-order chi connectivity index (χ1) is 12.9. The number of quaternary nitrogens is 1. The van der Waals surface area contributed by atoms with E-state index in [-0.39, 0.29) is 29.4 Å². The molecule has 1 saturated heterocycles. The number of hydrogen-bond acceptors (Lipinski definition) is 5. The molecule has 1 spiro atoms. The molecule has 2 heterocycles. The zero-order chi connectivity index (χ0) is 19.0. The number of nitrogens with zero attached hydrogens (tertiary/aromatic N) is 1. The highest BCUT2D eigenvalue weighted by Crippen LogP contribution is 2.63. The second-order valence-electron chi connectivity index (χ2n) is 8.60. The van der Waals surface area contributed by atoms with Gasteiger partial charge in [0.25, 0.3) is 0 Å². The van der Waals surface area contributed by atoms with Crippen molar-refractivity contribution in [1.82, 2.24) is 0 Å². The molecule has 6 nitrogen and oxygen atoms in total. The molecule has 27 heavy (non-hydrogen) atoms. The monoisotopic (exact) mass is 372 g/mol. The van der Waals surface area contributed by atoms with Crippen LogP contribution in [0.3, 0.4) is 0 Å². The summed E-state index contributed by atoms with van der Waals surface area (Å²) in [5.74, 6) is 1.54. The summed E-state index contributed by atoms with van der Waals surface area (Å²) in [6.45, 7) is 2.72. The predicted octanol–water partition coefficient (Wildman–Crippen LogP) is 1.54. The molecule has 0 radical (unpaired) electrons. The summed E-state index contributed by atoms with van der Waals surface area (Å²) in [5.41, 5.74) is 2.27. The molecule has 1 aromatic carbocycles. The molecule has 1 fully saturated rings. The topological polar surface area (TPSA) is 65.0 Å². The molecule has 0 aromatic heterocycles. The van der Waals surface area contributed by atoms with E-state index in [1.165, 1.54) is 18.1 Å². The first kappa shape index (κ1) is 17.1. The Morgan fingerprint density at radius 3 is 2.96 bits per heavy atom. The third kappa shape index (κ3) is 2.05. The molecule has 1 unspecified atom stereocenters. The molecule has 1 aromatic rings. The van der Waals surface area contributed by atoms with Gasteiger partial charge in [0.05, 0.1) is 26.1 Å². The fourth-order valence-electron chi connectivity index (χ4n) is 6.04. The van der Waals surface area contributed by atoms with E-state index in [1.807, 2.05) is 12.1 Å². The highest BCUT2D eigenvalue weighted by Gasteiger charge is 2.68. The number of aliphatic hydroxyl groups is 1. The van der Waals surface area contributed by atoms with E-state index >= 15 is 0 Å². The number of carbonyl (C=O) groups is 1. The average Bonchev–Trinajstić information content (AvgIpc) is 3.00. The third-order valence-electron chi connectivity index (χ3n) is 7.31. The van der Waals surface area contributed by atoms with Gasteiger partial charge in [-0.1, -0.05) is 18.2 Å². The number of ether oxygens (including phenoxy) is 3. The van der Waals surface area contributed by atoms with Gasteiger partial charge in [0.1, 0.15) is 18.2 Å². The van der Waals surface area contributed by atoms with E-state index in [2.05, 4.69) is 19.2 Å². The van der Waals surface area contributed by atoms with Crippen LogP contribution in [0, 0.1) is 5.92 Å². The Morgan fingerprint density at radius 1 is 1.41 bits per heavy atom. The summed E-state index contributed by atoms with van der Waals surface area (Å²) in [4.78, 5) is 11.4. The van der Waals surface area contributed by atoms with Crippen LogP contribution < -0.4 is 9.47 Å². The number of likely N-dealkylation sites (tertiary alicyclic amines) is 1. The number of methoxy groups -OCH3 is 1. The number of aliphatic hydroxyl groups excluding tert-OH is 1. The maximum absolute atomic E-state index is 11.4. The number of hydrogen-bond donors (Lipinski definition) is 1. The van der Waals surface area contributed by atoms with Gasteiger partial charge >= 0.3 is 5.97 Å². The van der Waals surface area contributed by atoms with Gasteiger partial charge in [0, 0.05) is 31.2 Å². The van der Waals surface area contributed by atoms with Crippen LogP contribution in [0.5, 0.6) is 11.5 Å². The first-order valence-corrected chi connectivity index (χ1v) is 9.62. The summed E-state index contributed by atoms with van der Waals surface area (Å²) < 4.78 is 18.1. The Hall–Kier alpha value is -2.05. The van der Waals surface area contributed by atoms with E-state index in [1.54, 1.807) is 7.11 Å². The summed E-state index contributed by atoms with van der Waals surface area (Å²) in [5, 5.41) is 10.7. The van der Waals surface area contributed by atoms with E-state index in [9.17, 15) is 9.90 Å². The van der Waals surface area contributed by atoms with Crippen LogP contribution in [0.25, 0.3) is 0 Å². The van der Waals surface area contributed by atoms with Crippen LogP contribution in [0.4, 0.5) is 0 Å². The van der Waals surface area contributed by atoms with Crippen molar-refractivity contribution in [1.29, 1.82) is 0 Å². The van der Waals surface area contributed by atoms with Gasteiger partial charge in [-0.15, -0.1) is 0 Å². The highest BCUT2D eigenvalue weighted by molar-refractivity contribution is 5.65. The van der Waals surface area contributed by atoms with Gasteiger partial charge in [-0.3, -0.25) is 9.28 Å². The van der Waals surface area contributed by atoms with Gasteiger partial charge in [0.2, 0.25) is 6.73 Å². The molecule has 6 heteroatoms. The van der Waals surface area contributed by atoms with Crippen molar-refractivity contribution in [3.63, 3.8) is 0 Å². The number of piperidine rings is 1. The van der Waals surface area contributed by atoms with Gasteiger partial charge < -0.3 is 19.3 Å². The van der Waals surface area contributed by atoms with Crippen molar-refractivity contribution in [3.8, 4) is 11.5 Å². The predicted molar refractivity (Wildman–Crippen MR) is 97.5 cm³/mol. The molecule has 144 valence electrons. The van der Waals surface area contributed by atoms with Crippen molar-refractivity contribution in [3.05, 3.63) is 35.4 Å². The minimum absolute atomic E-state index is 0.232. The molecule has 0 amide bonds. The van der Waals surface area contributed by atoms with Crippen molar-refractivity contribution in [2.75, 3.05) is 27.4 Å². The van der Waals surface area contributed by atoms with Crippen molar-refractivity contribution >= 4 is 5.97 Å². The summed E-state index contributed by atoms with van der Waals surface area (Å²) >= 11 is 0. The molecule has 5 rings (SSSR count). The lowest BCUT2D eigenvalue weighted by atomic mass is 9.53. The number of benzene rings is 1. The van der Waals surface area contributed by atoms with Crippen LogP contribution in [-0.4, -0.2) is 61.2 Å². The molecule has 6 atom stereocenters. The van der Waals surface area contributed by atoms with E-state index in [0.29, 0.717) is 11.2 Å². The van der Waals surface area contributed by atoms with Crippen LogP contribution in [0.1, 0.15) is 24.5 Å². The second-order valence-corrected chi connectivity index (χ2v) is 8.60. The maximum Gasteiger partial charge on any atom is 0.306 e. The van der Waals surface area contributed by atoms with E-state index in [0.717, 1.165) is 30.9 Å². The third-order valence-corrected chi connectivity index (χ3v) is 7.31. The summed E-state index contributed by atoms with van der Waals surface area (Å²) in [6, 6.07) is 4.38. The Labute approximate surface area is 158 Å². The van der Waals surface area contributed by atoms with Crippen LogP contribution in [0.2, 0.25) is 0 Å². The maximum atomic E-state index is 11.4. The van der Waals surface area contributed by atoms with Crippen LogP contribution in [-0.2, 0) is 21.4 Å². The van der Waals surface area contributed by atoms with Crippen molar-refractivity contribution < 1.29 is 28.6 Å². The fraction of sp³-hybridized carbons (Fsp3) is 0.571. The Morgan fingerprint density at radius 2 is 2.22 bits per heavy atom. The quantitative estimate of drug-likeness (QED) is 0.495. The smallest absolute Gasteiger partial charge is 0.306 e. The molecular formula is C21H26NO5+. The summed E-state index contributed by atoms with van der Waals surface area (Å²) in [6.07, 6.45) is 4.91. The summed E-state index contributed by atoms with van der Waals surface area (Å²) in [7, 11) is 3.84. The molecule has 2 aliphatic carbocycles. The number of esters is 1. The minimum Gasteiger partial charge on any atom is -0.493 e. The standard InChI is InChI=1S/C21H26NO5/c1-12(23)26-11-22(2)9-8-21-14-5-6-16(24)20(21)27-19-17(25-3)7-4-13(18(19)21)10-15(14)22/h4-7,14-16,20,24H,8-11H2,1-3H3/q+1/t14-,15?,16-,20-,21-,22-/m0/s1. The average molecular weight is 372 g/mol. The first-order valence-electron chi connectivity index (χ1n) is 9.62. The molecule has 4 aliphatic rings. The number of rotatable bonds is 3. The van der Waals surface area contributed by atoms with Gasteiger partial charge in [-0.05, 0) is 11.6 Å². The number of likely N-dealkylation sites (N-methyl/N-ethyl adjacent to an activating group) is 1. The largest absolute Gasteiger partial charge is 0.493 e. The van der Waals surface area contributed by atoms with Gasteiger partial charge in [0.15, 0.2) is 11.5 Å². The fourth-order valence-corrected chi connectivity index (χ4v) is 6.04. The lowest BCUT2D eigenvalue weighted by molar-refractivity contribution is -0.958. The molecular weight excluding hydrogens is 346 g/mol. The minimum atomic E-state index is -0.629. The lowest BCUT2D eigenvalue weighted by Crippen LogP contribution is -2.71. The zero-order valence-electron chi connectivity index (χ0n) is 16.0. The Bertz CT molecular complexity index is 851. The molecule has 0 saturated carbocycles.